The summed E-state index contributed by atoms with van der Waals surface area (Å²) >= 11 is 0. The topological polar surface area (TPSA) is 63.2 Å². The Morgan fingerprint density at radius 1 is 1.40 bits per heavy atom. The van der Waals surface area contributed by atoms with Crippen molar-refractivity contribution in [2.75, 3.05) is 26.0 Å². The van der Waals surface area contributed by atoms with Crippen LogP contribution in [0.4, 0.5) is 5.82 Å². The number of hydrogen-bond acceptors (Lipinski definition) is 4. The van der Waals surface area contributed by atoms with Gasteiger partial charge in [0.05, 0.1) is 5.60 Å². The van der Waals surface area contributed by atoms with Gasteiger partial charge >= 0.3 is 0 Å². The zero-order valence-electron chi connectivity index (χ0n) is 13.0. The molecule has 0 bridgehead atoms. The largest absolute Gasteiger partial charge is 0.377 e. The van der Waals surface area contributed by atoms with E-state index in [1.54, 1.807) is 20.2 Å². The van der Waals surface area contributed by atoms with Gasteiger partial charge in [0, 0.05) is 32.0 Å². The van der Waals surface area contributed by atoms with Crippen molar-refractivity contribution < 1.29 is 9.53 Å². The molecule has 5 nitrogen and oxygen atoms in total. The van der Waals surface area contributed by atoms with E-state index in [1.807, 2.05) is 19.9 Å². The summed E-state index contributed by atoms with van der Waals surface area (Å²) in [5, 5.41) is 5.88. The number of amides is 1. The first-order valence-electron chi connectivity index (χ1n) is 6.94. The second-order valence-corrected chi connectivity index (χ2v) is 5.38. The number of carbonyl (C=O) groups excluding carboxylic acids is 1. The number of ether oxygens (including phenoxy) is 1. The van der Waals surface area contributed by atoms with Crippen LogP contribution < -0.4 is 10.6 Å². The van der Waals surface area contributed by atoms with E-state index in [0.717, 1.165) is 18.5 Å². The third kappa shape index (κ3) is 4.81. The molecule has 0 aliphatic rings. The van der Waals surface area contributed by atoms with Gasteiger partial charge in [0.1, 0.15) is 5.82 Å². The Bertz CT molecular complexity index is 458. The number of nitrogens with one attached hydrogen (secondary N) is 2. The summed E-state index contributed by atoms with van der Waals surface area (Å²) in [5.41, 5.74) is 1.18. The van der Waals surface area contributed by atoms with Crippen LogP contribution in [0.5, 0.6) is 0 Å². The Morgan fingerprint density at radius 3 is 2.65 bits per heavy atom. The number of rotatable bonds is 7. The van der Waals surface area contributed by atoms with E-state index in [0.29, 0.717) is 17.9 Å². The van der Waals surface area contributed by atoms with Gasteiger partial charge in [-0.3, -0.25) is 4.79 Å². The minimum absolute atomic E-state index is 0.105. The highest BCUT2D eigenvalue weighted by molar-refractivity contribution is 5.95. The molecule has 1 aromatic heterocycles. The minimum Gasteiger partial charge on any atom is -0.377 e. The van der Waals surface area contributed by atoms with Crippen molar-refractivity contribution in [1.29, 1.82) is 0 Å². The van der Waals surface area contributed by atoms with Crippen molar-refractivity contribution >= 4 is 11.7 Å². The molecule has 2 N–H and O–H groups in total. The molecular weight excluding hydrogens is 254 g/mol. The average molecular weight is 279 g/mol. The molecule has 1 aromatic rings. The number of nitrogens with zero attached hydrogens (tertiary/aromatic N) is 1. The highest BCUT2D eigenvalue weighted by Gasteiger charge is 2.18. The van der Waals surface area contributed by atoms with Crippen molar-refractivity contribution in [2.24, 2.45) is 0 Å². The van der Waals surface area contributed by atoms with Gasteiger partial charge in [0.15, 0.2) is 0 Å². The lowest BCUT2D eigenvalue weighted by Crippen LogP contribution is -2.39. The Balaban J connectivity index is 2.83. The fourth-order valence-corrected chi connectivity index (χ4v) is 1.70. The highest BCUT2D eigenvalue weighted by atomic mass is 16.5. The van der Waals surface area contributed by atoms with E-state index in [9.17, 15) is 4.79 Å². The maximum Gasteiger partial charge on any atom is 0.251 e. The summed E-state index contributed by atoms with van der Waals surface area (Å²) in [5.74, 6) is 0.610. The van der Waals surface area contributed by atoms with Crippen LogP contribution in [0, 0.1) is 0 Å². The van der Waals surface area contributed by atoms with E-state index in [2.05, 4.69) is 22.5 Å². The molecule has 1 heterocycles. The van der Waals surface area contributed by atoms with E-state index in [4.69, 9.17) is 4.74 Å². The van der Waals surface area contributed by atoms with Crippen LogP contribution in [0.15, 0.2) is 12.1 Å². The number of pyridine rings is 1. The fraction of sp³-hybridized carbons (Fsp3) is 0.600. The average Bonchev–Trinajstić information content (AvgIpc) is 2.44. The molecule has 0 radical (unpaired) electrons. The van der Waals surface area contributed by atoms with Crippen LogP contribution in [0.3, 0.4) is 0 Å². The van der Waals surface area contributed by atoms with Gasteiger partial charge in [0.25, 0.3) is 5.91 Å². The normalized spacial score (nSPS) is 11.2. The molecule has 20 heavy (non-hydrogen) atoms. The van der Waals surface area contributed by atoms with Gasteiger partial charge in [-0.05, 0) is 32.4 Å². The fourth-order valence-electron chi connectivity index (χ4n) is 1.70. The molecule has 112 valence electrons. The maximum absolute atomic E-state index is 12.2. The molecule has 0 atom stereocenters. The van der Waals surface area contributed by atoms with E-state index in [-0.39, 0.29) is 11.5 Å². The van der Waals surface area contributed by atoms with Crippen molar-refractivity contribution in [1.82, 2.24) is 10.3 Å². The van der Waals surface area contributed by atoms with Crippen molar-refractivity contribution in [3.8, 4) is 0 Å². The maximum atomic E-state index is 12.2. The number of aryl methyl sites for hydroxylation is 1. The molecule has 1 amide bonds. The van der Waals surface area contributed by atoms with Crippen LogP contribution in [0.2, 0.25) is 0 Å². The Hall–Kier alpha value is -1.62. The first-order valence-corrected chi connectivity index (χ1v) is 6.94. The molecule has 5 heteroatoms. The number of hydrogen-bond donors (Lipinski definition) is 2. The quantitative estimate of drug-likeness (QED) is 0.803. The lowest BCUT2D eigenvalue weighted by Gasteiger charge is -2.23. The van der Waals surface area contributed by atoms with Crippen LogP contribution >= 0.6 is 0 Å². The first kappa shape index (κ1) is 16.4. The molecule has 0 fully saturated rings. The number of anilines is 1. The minimum atomic E-state index is -0.374. The first-order chi connectivity index (χ1) is 9.41. The highest BCUT2D eigenvalue weighted by Crippen LogP contribution is 2.12. The molecule has 0 saturated heterocycles. The summed E-state index contributed by atoms with van der Waals surface area (Å²) < 4.78 is 5.29. The molecule has 0 aliphatic carbocycles. The van der Waals surface area contributed by atoms with Crippen LogP contribution in [-0.4, -0.2) is 37.2 Å². The summed E-state index contributed by atoms with van der Waals surface area (Å²) in [6, 6.07) is 3.60. The Morgan fingerprint density at radius 2 is 2.10 bits per heavy atom. The standard InChI is InChI=1S/C15H25N3O2/c1-6-7-12-8-11(9-13(16-4)18-12)14(19)17-10-15(2,3)20-5/h8-9H,6-7,10H2,1-5H3,(H,16,18)(H,17,19). The lowest BCUT2D eigenvalue weighted by molar-refractivity contribution is 0.0229. The lowest BCUT2D eigenvalue weighted by atomic mass is 10.1. The van der Waals surface area contributed by atoms with Crippen LogP contribution in [0.1, 0.15) is 43.2 Å². The van der Waals surface area contributed by atoms with Gasteiger partial charge in [-0.1, -0.05) is 13.3 Å². The van der Waals surface area contributed by atoms with E-state index < -0.39 is 0 Å². The Kier molecular flexibility index (Phi) is 5.95. The van der Waals surface area contributed by atoms with Crippen LogP contribution in [0.25, 0.3) is 0 Å². The number of carbonyl (C=O) groups is 1. The zero-order chi connectivity index (χ0) is 15.2. The van der Waals surface area contributed by atoms with Gasteiger partial charge in [-0.15, -0.1) is 0 Å². The third-order valence-electron chi connectivity index (χ3n) is 3.13. The molecule has 0 unspecified atom stereocenters. The number of aromatic nitrogens is 1. The van der Waals surface area contributed by atoms with Crippen molar-refractivity contribution in [2.45, 2.75) is 39.2 Å². The molecule has 1 rings (SSSR count). The summed E-state index contributed by atoms with van der Waals surface area (Å²) in [7, 11) is 3.44. The van der Waals surface area contributed by atoms with E-state index in [1.165, 1.54) is 0 Å². The third-order valence-corrected chi connectivity index (χ3v) is 3.13. The Labute approximate surface area is 121 Å². The molecule has 0 aromatic carbocycles. The predicted molar refractivity (Wildman–Crippen MR) is 81.2 cm³/mol. The second-order valence-electron chi connectivity index (χ2n) is 5.38. The van der Waals surface area contributed by atoms with Gasteiger partial charge in [-0.25, -0.2) is 4.98 Å². The molecular formula is C15H25N3O2. The van der Waals surface area contributed by atoms with E-state index >= 15 is 0 Å². The molecule has 0 aliphatic heterocycles. The summed E-state index contributed by atoms with van der Waals surface area (Å²) in [6.07, 6.45) is 1.86. The zero-order valence-corrected chi connectivity index (χ0v) is 13.0. The number of methoxy groups -OCH3 is 1. The summed E-state index contributed by atoms with van der Waals surface area (Å²) in [4.78, 5) is 16.6. The van der Waals surface area contributed by atoms with Gasteiger partial charge < -0.3 is 15.4 Å². The molecule has 0 saturated carbocycles. The predicted octanol–water partition coefficient (Wildman–Crippen LogP) is 2.23. The van der Waals surface area contributed by atoms with Crippen molar-refractivity contribution in [3.05, 3.63) is 23.4 Å². The smallest absolute Gasteiger partial charge is 0.251 e. The van der Waals surface area contributed by atoms with Gasteiger partial charge in [0.2, 0.25) is 0 Å². The SMILES string of the molecule is CCCc1cc(C(=O)NCC(C)(C)OC)cc(NC)n1. The van der Waals surface area contributed by atoms with Crippen molar-refractivity contribution in [3.63, 3.8) is 0 Å². The summed E-state index contributed by atoms with van der Waals surface area (Å²) in [6.45, 7) is 6.42. The second kappa shape index (κ2) is 7.24. The van der Waals surface area contributed by atoms with Crippen LogP contribution in [-0.2, 0) is 11.2 Å². The van der Waals surface area contributed by atoms with Gasteiger partial charge in [-0.2, -0.15) is 0 Å². The monoisotopic (exact) mass is 279 g/mol. The molecule has 0 spiro atoms.